The van der Waals surface area contributed by atoms with Gasteiger partial charge in [0.1, 0.15) is 0 Å². The minimum Gasteiger partial charge on any atom is -0.462 e. The van der Waals surface area contributed by atoms with Crippen LogP contribution in [0.2, 0.25) is 0 Å². The largest absolute Gasteiger partial charge is 0.462 e. The molecule has 0 atom stereocenters. The van der Waals surface area contributed by atoms with Crippen LogP contribution in [0.1, 0.15) is 19.2 Å². The zero-order valence-corrected chi connectivity index (χ0v) is 9.57. The molecule has 0 radical (unpaired) electrons. The van der Waals surface area contributed by atoms with Gasteiger partial charge in [0.05, 0.1) is 6.26 Å². The zero-order valence-electron chi connectivity index (χ0n) is 8.75. The molecule has 0 spiro atoms. The molecule has 0 saturated heterocycles. The van der Waals surface area contributed by atoms with Crippen molar-refractivity contribution in [2.24, 2.45) is 0 Å². The van der Waals surface area contributed by atoms with E-state index in [-0.39, 0.29) is 0 Å². The average molecular weight is 234 g/mol. The summed E-state index contributed by atoms with van der Waals surface area (Å²) in [5, 5.41) is 13.5. The number of rotatable bonds is 3. The third-order valence-electron chi connectivity index (χ3n) is 2.26. The van der Waals surface area contributed by atoms with E-state index >= 15 is 0 Å². The predicted octanol–water partition coefficient (Wildman–Crippen LogP) is 2.40. The van der Waals surface area contributed by atoms with Crippen molar-refractivity contribution in [1.29, 1.82) is 0 Å². The minimum atomic E-state index is 0.776. The molecule has 0 saturated carbocycles. The highest BCUT2D eigenvalue weighted by Gasteiger charge is 2.13. The first-order chi connectivity index (χ1) is 7.88. The van der Waals surface area contributed by atoms with Crippen molar-refractivity contribution in [2.45, 2.75) is 19.8 Å². The lowest BCUT2D eigenvalue weighted by molar-refractivity contribution is 0.580. The number of nitrogens with zero attached hydrogens (tertiary/aromatic N) is 4. The second-order valence-electron chi connectivity index (χ2n) is 3.45. The molecule has 0 N–H and O–H groups in total. The first kappa shape index (κ1) is 9.53. The highest BCUT2D eigenvalue weighted by Crippen LogP contribution is 2.25. The van der Waals surface area contributed by atoms with E-state index in [9.17, 15) is 0 Å². The number of aryl methyl sites for hydroxylation is 1. The van der Waals surface area contributed by atoms with Crippen molar-refractivity contribution in [3.63, 3.8) is 0 Å². The molecule has 3 rings (SSSR count). The van der Waals surface area contributed by atoms with Gasteiger partial charge in [-0.05, 0) is 18.6 Å². The van der Waals surface area contributed by atoms with Gasteiger partial charge in [0.2, 0.25) is 4.96 Å². The van der Waals surface area contributed by atoms with Crippen LogP contribution in [-0.2, 0) is 6.42 Å². The van der Waals surface area contributed by atoms with E-state index in [1.807, 2.05) is 12.1 Å². The monoisotopic (exact) mass is 234 g/mol. The number of hydrogen-bond acceptors (Lipinski definition) is 5. The van der Waals surface area contributed by atoms with Crippen molar-refractivity contribution in [1.82, 2.24) is 19.8 Å². The van der Waals surface area contributed by atoms with E-state index < -0.39 is 0 Å². The molecule has 16 heavy (non-hydrogen) atoms. The fraction of sp³-hybridized carbons (Fsp3) is 0.300. The summed E-state index contributed by atoms with van der Waals surface area (Å²) >= 11 is 1.49. The Morgan fingerprint density at radius 2 is 2.38 bits per heavy atom. The molecular formula is C10H10N4OS. The van der Waals surface area contributed by atoms with E-state index in [2.05, 4.69) is 22.2 Å². The van der Waals surface area contributed by atoms with Gasteiger partial charge in [-0.15, -0.1) is 15.3 Å². The Labute approximate surface area is 95.7 Å². The molecule has 6 heteroatoms. The highest BCUT2D eigenvalue weighted by molar-refractivity contribution is 7.19. The second kappa shape index (κ2) is 3.71. The Hall–Kier alpha value is -1.69. The summed E-state index contributed by atoms with van der Waals surface area (Å²) in [6, 6.07) is 3.75. The lowest BCUT2D eigenvalue weighted by Gasteiger charge is -1.90. The minimum absolute atomic E-state index is 0.776. The van der Waals surface area contributed by atoms with Crippen molar-refractivity contribution in [2.75, 3.05) is 0 Å². The Kier molecular flexibility index (Phi) is 2.21. The van der Waals surface area contributed by atoms with Crippen molar-refractivity contribution in [3.8, 4) is 10.8 Å². The van der Waals surface area contributed by atoms with Gasteiger partial charge in [-0.25, -0.2) is 0 Å². The summed E-state index contributed by atoms with van der Waals surface area (Å²) in [6.07, 6.45) is 3.57. The summed E-state index contributed by atoms with van der Waals surface area (Å²) in [5.41, 5.74) is 0. The van der Waals surface area contributed by atoms with Crippen molar-refractivity contribution >= 4 is 16.3 Å². The van der Waals surface area contributed by atoms with E-state index in [4.69, 9.17) is 4.42 Å². The smallest absolute Gasteiger partial charge is 0.235 e. The molecule has 0 aromatic carbocycles. The summed E-state index contributed by atoms with van der Waals surface area (Å²) in [4.78, 5) is 0.815. The lowest BCUT2D eigenvalue weighted by Crippen LogP contribution is -1.94. The van der Waals surface area contributed by atoms with Gasteiger partial charge in [-0.2, -0.15) is 4.52 Å². The van der Waals surface area contributed by atoms with Crippen LogP contribution in [0.5, 0.6) is 0 Å². The Morgan fingerprint density at radius 1 is 1.44 bits per heavy atom. The number of aromatic nitrogens is 4. The van der Waals surface area contributed by atoms with E-state index in [1.165, 1.54) is 11.3 Å². The number of hydrogen-bond donors (Lipinski definition) is 0. The van der Waals surface area contributed by atoms with Crippen LogP contribution in [-0.4, -0.2) is 19.8 Å². The topological polar surface area (TPSA) is 56.2 Å². The van der Waals surface area contributed by atoms with E-state index in [1.54, 1.807) is 10.8 Å². The highest BCUT2D eigenvalue weighted by atomic mass is 32.1. The lowest BCUT2D eigenvalue weighted by atomic mass is 10.3. The molecule has 0 aliphatic rings. The standard InChI is InChI=1S/C10H10N4OS/c1-2-4-8-11-12-10-14(8)13-9(16-10)7-5-3-6-15-7/h3,5-6H,2,4H2,1H3. The van der Waals surface area contributed by atoms with Crippen LogP contribution in [0.4, 0.5) is 0 Å². The Bertz CT molecular complexity index is 595. The summed E-state index contributed by atoms with van der Waals surface area (Å²) in [5.74, 6) is 1.68. The SMILES string of the molecule is CCCc1nnc2sc(-c3ccco3)nn12. The predicted molar refractivity (Wildman–Crippen MR) is 60.4 cm³/mol. The average Bonchev–Trinajstić information content (AvgIpc) is 2.93. The quantitative estimate of drug-likeness (QED) is 0.698. The van der Waals surface area contributed by atoms with Gasteiger partial charge >= 0.3 is 0 Å². The summed E-state index contributed by atoms with van der Waals surface area (Å²) in [7, 11) is 0. The Balaban J connectivity index is 2.09. The molecule has 82 valence electrons. The van der Waals surface area contributed by atoms with Crippen LogP contribution in [0.25, 0.3) is 15.7 Å². The molecule has 0 aliphatic heterocycles. The van der Waals surface area contributed by atoms with Gasteiger partial charge in [0.25, 0.3) is 0 Å². The van der Waals surface area contributed by atoms with Gasteiger partial charge in [-0.1, -0.05) is 18.3 Å². The summed E-state index contributed by atoms with van der Waals surface area (Å²) < 4.78 is 7.10. The molecule has 0 aliphatic carbocycles. The van der Waals surface area contributed by atoms with Crippen molar-refractivity contribution in [3.05, 3.63) is 24.2 Å². The maximum atomic E-state index is 5.30. The van der Waals surface area contributed by atoms with Gasteiger partial charge in [0.15, 0.2) is 16.6 Å². The van der Waals surface area contributed by atoms with Gasteiger partial charge in [-0.3, -0.25) is 0 Å². The normalized spacial score (nSPS) is 11.3. The fourth-order valence-electron chi connectivity index (χ4n) is 1.54. The molecular weight excluding hydrogens is 224 g/mol. The number of furan rings is 1. The molecule has 3 aromatic heterocycles. The summed E-state index contributed by atoms with van der Waals surface area (Å²) in [6.45, 7) is 2.11. The first-order valence-electron chi connectivity index (χ1n) is 5.13. The zero-order chi connectivity index (χ0) is 11.0. The van der Waals surface area contributed by atoms with Crippen LogP contribution in [0, 0.1) is 0 Å². The van der Waals surface area contributed by atoms with E-state index in [0.717, 1.165) is 34.4 Å². The van der Waals surface area contributed by atoms with Gasteiger partial charge < -0.3 is 4.42 Å². The first-order valence-corrected chi connectivity index (χ1v) is 5.95. The molecule has 0 bridgehead atoms. The molecule has 0 fully saturated rings. The maximum Gasteiger partial charge on any atom is 0.235 e. The van der Waals surface area contributed by atoms with E-state index in [0.29, 0.717) is 0 Å². The third-order valence-corrected chi connectivity index (χ3v) is 3.17. The van der Waals surface area contributed by atoms with Crippen LogP contribution >= 0.6 is 11.3 Å². The van der Waals surface area contributed by atoms with Crippen molar-refractivity contribution < 1.29 is 4.42 Å². The molecule has 0 amide bonds. The van der Waals surface area contributed by atoms with Crippen LogP contribution in [0.3, 0.4) is 0 Å². The molecule has 3 heterocycles. The van der Waals surface area contributed by atoms with Crippen LogP contribution < -0.4 is 0 Å². The Morgan fingerprint density at radius 3 is 3.12 bits per heavy atom. The van der Waals surface area contributed by atoms with Gasteiger partial charge in [0, 0.05) is 6.42 Å². The molecule has 0 unspecified atom stereocenters. The number of fused-ring (bicyclic) bond motifs is 1. The second-order valence-corrected chi connectivity index (χ2v) is 4.40. The van der Waals surface area contributed by atoms with Crippen LogP contribution in [0.15, 0.2) is 22.8 Å². The maximum absolute atomic E-state index is 5.30. The fourth-order valence-corrected chi connectivity index (χ4v) is 2.36. The molecule has 3 aromatic rings. The third kappa shape index (κ3) is 1.42. The molecule has 5 nitrogen and oxygen atoms in total.